The number of carbonyl (C=O) groups excluding carboxylic acids is 1. The van der Waals surface area contributed by atoms with E-state index in [1.54, 1.807) is 31.2 Å². The highest BCUT2D eigenvalue weighted by Gasteiger charge is 2.28. The number of aryl methyl sites for hydroxylation is 1. The summed E-state index contributed by atoms with van der Waals surface area (Å²) in [6.45, 7) is 5.32. The van der Waals surface area contributed by atoms with Crippen LogP contribution >= 0.6 is 11.6 Å². The molecule has 0 atom stereocenters. The summed E-state index contributed by atoms with van der Waals surface area (Å²) in [7, 11) is -2.68. The van der Waals surface area contributed by atoms with Gasteiger partial charge < -0.3 is 10.1 Å². The van der Waals surface area contributed by atoms with E-state index in [0.717, 1.165) is 4.31 Å². The Hall–Kier alpha value is -3.36. The Morgan fingerprint density at radius 3 is 2.61 bits per heavy atom. The van der Waals surface area contributed by atoms with E-state index in [-0.39, 0.29) is 27.7 Å². The molecule has 0 aliphatic heterocycles. The highest BCUT2D eigenvalue weighted by molar-refractivity contribution is 7.92. The molecule has 0 aliphatic rings. The first-order chi connectivity index (χ1) is 15.7. The molecule has 0 aliphatic carbocycles. The fourth-order valence-electron chi connectivity index (χ4n) is 3.16. The van der Waals surface area contributed by atoms with Crippen molar-refractivity contribution in [2.24, 2.45) is 0 Å². The van der Waals surface area contributed by atoms with E-state index in [1.807, 2.05) is 0 Å². The van der Waals surface area contributed by atoms with Crippen molar-refractivity contribution in [1.82, 2.24) is 0 Å². The molecule has 1 amide bonds. The van der Waals surface area contributed by atoms with E-state index < -0.39 is 21.7 Å². The van der Waals surface area contributed by atoms with Crippen molar-refractivity contribution in [3.8, 4) is 5.75 Å². The smallest absolute Gasteiger partial charge is 0.264 e. The fraction of sp³-hybridized carbons (Fsp3) is 0.125. The van der Waals surface area contributed by atoms with Crippen LogP contribution in [0.5, 0.6) is 5.75 Å². The van der Waals surface area contributed by atoms with Gasteiger partial charge in [-0.3, -0.25) is 9.10 Å². The molecule has 172 valence electrons. The quantitative estimate of drug-likeness (QED) is 0.429. The average Bonchev–Trinajstić information content (AvgIpc) is 2.79. The Kier molecular flexibility index (Phi) is 7.40. The van der Waals surface area contributed by atoms with Crippen molar-refractivity contribution in [3.63, 3.8) is 0 Å². The molecule has 0 radical (unpaired) electrons. The third-order valence-electron chi connectivity index (χ3n) is 4.87. The molecule has 0 aromatic heterocycles. The second kappa shape index (κ2) is 10.1. The maximum atomic E-state index is 13.6. The zero-order chi connectivity index (χ0) is 24.2. The van der Waals surface area contributed by atoms with Gasteiger partial charge in [-0.1, -0.05) is 35.9 Å². The number of para-hydroxylation sites is 2. The van der Waals surface area contributed by atoms with Crippen LogP contribution in [0, 0.1) is 12.7 Å². The molecular formula is C24H22ClFN2O4S. The Morgan fingerprint density at radius 1 is 1.18 bits per heavy atom. The van der Waals surface area contributed by atoms with Gasteiger partial charge >= 0.3 is 0 Å². The summed E-state index contributed by atoms with van der Waals surface area (Å²) in [5, 5.41) is 2.63. The van der Waals surface area contributed by atoms with Gasteiger partial charge in [0.2, 0.25) is 0 Å². The molecular weight excluding hydrogens is 467 g/mol. The maximum Gasteiger partial charge on any atom is 0.264 e. The maximum absolute atomic E-state index is 13.6. The number of hydrogen-bond donors (Lipinski definition) is 1. The van der Waals surface area contributed by atoms with Crippen molar-refractivity contribution < 1.29 is 22.3 Å². The Labute approximate surface area is 197 Å². The summed E-state index contributed by atoms with van der Waals surface area (Å²) >= 11 is 6.20. The minimum Gasteiger partial charge on any atom is -0.495 e. The van der Waals surface area contributed by atoms with E-state index >= 15 is 0 Å². The topological polar surface area (TPSA) is 75.7 Å². The second-order valence-corrected chi connectivity index (χ2v) is 9.32. The van der Waals surface area contributed by atoms with Gasteiger partial charge in [-0.05, 0) is 55.0 Å². The van der Waals surface area contributed by atoms with Crippen molar-refractivity contribution in [2.45, 2.75) is 11.8 Å². The third kappa shape index (κ3) is 5.18. The summed E-state index contributed by atoms with van der Waals surface area (Å²) in [5.74, 6) is -0.829. The molecule has 3 aromatic carbocycles. The number of anilines is 2. The van der Waals surface area contributed by atoms with Gasteiger partial charge in [-0.2, -0.15) is 0 Å². The van der Waals surface area contributed by atoms with E-state index in [4.69, 9.17) is 16.3 Å². The molecule has 9 heteroatoms. The number of halogens is 2. The zero-order valence-electron chi connectivity index (χ0n) is 18.0. The van der Waals surface area contributed by atoms with Crippen LogP contribution in [0.2, 0.25) is 5.02 Å². The number of rotatable bonds is 8. The molecule has 0 saturated heterocycles. The lowest BCUT2D eigenvalue weighted by Gasteiger charge is -2.25. The van der Waals surface area contributed by atoms with Crippen molar-refractivity contribution in [2.75, 3.05) is 23.3 Å². The van der Waals surface area contributed by atoms with Gasteiger partial charge in [-0.15, -0.1) is 6.58 Å². The molecule has 0 saturated carbocycles. The number of sulfonamides is 1. The minimum atomic E-state index is -4.13. The van der Waals surface area contributed by atoms with Crippen LogP contribution in [-0.2, 0) is 10.0 Å². The summed E-state index contributed by atoms with van der Waals surface area (Å²) in [4.78, 5) is 12.7. The monoisotopic (exact) mass is 488 g/mol. The predicted molar refractivity (Wildman–Crippen MR) is 128 cm³/mol. The van der Waals surface area contributed by atoms with Gasteiger partial charge in [0.25, 0.3) is 15.9 Å². The number of nitrogens with zero attached hydrogens (tertiary/aromatic N) is 1. The van der Waals surface area contributed by atoms with Gasteiger partial charge in [0, 0.05) is 5.69 Å². The van der Waals surface area contributed by atoms with Crippen LogP contribution < -0.4 is 14.4 Å². The highest BCUT2D eigenvalue weighted by atomic mass is 35.5. The van der Waals surface area contributed by atoms with E-state index in [0.29, 0.717) is 17.0 Å². The number of benzene rings is 3. The van der Waals surface area contributed by atoms with E-state index in [1.165, 1.54) is 49.6 Å². The molecule has 1 N–H and O–H groups in total. The molecule has 0 heterocycles. The molecule has 3 rings (SSSR count). The number of ether oxygens (including phenoxy) is 1. The number of amides is 1. The van der Waals surface area contributed by atoms with Crippen molar-refractivity contribution in [3.05, 3.63) is 95.3 Å². The summed E-state index contributed by atoms with van der Waals surface area (Å²) in [6, 6.07) is 14.5. The average molecular weight is 489 g/mol. The molecule has 3 aromatic rings. The zero-order valence-corrected chi connectivity index (χ0v) is 19.6. The summed E-state index contributed by atoms with van der Waals surface area (Å²) in [6.07, 6.45) is 1.44. The number of hydrogen-bond acceptors (Lipinski definition) is 4. The minimum absolute atomic E-state index is 0.0324. The highest BCUT2D eigenvalue weighted by Crippen LogP contribution is 2.33. The number of carbonyl (C=O) groups is 1. The van der Waals surface area contributed by atoms with E-state index in [9.17, 15) is 17.6 Å². The van der Waals surface area contributed by atoms with Crippen LogP contribution in [0.3, 0.4) is 0 Å². The molecule has 0 spiro atoms. The van der Waals surface area contributed by atoms with E-state index in [2.05, 4.69) is 11.9 Å². The standard InChI is InChI=1S/C24H22ClFN2O4S/c1-4-13-28(22-7-5-6-8-23(22)32-3)33(30,31)18-11-12-20(25)19(15-18)24(29)27-21-14-17(26)10-9-16(21)2/h4-12,14-15H,1,13H2,2-3H3,(H,27,29). The first-order valence-corrected chi connectivity index (χ1v) is 11.6. The second-order valence-electron chi connectivity index (χ2n) is 7.05. The number of methoxy groups -OCH3 is 1. The van der Waals surface area contributed by atoms with Crippen LogP contribution in [0.15, 0.2) is 78.2 Å². The van der Waals surface area contributed by atoms with Crippen LogP contribution in [0.25, 0.3) is 0 Å². The molecule has 6 nitrogen and oxygen atoms in total. The predicted octanol–water partition coefficient (Wildman–Crippen LogP) is 5.43. The lowest BCUT2D eigenvalue weighted by molar-refractivity contribution is 0.102. The van der Waals surface area contributed by atoms with Crippen molar-refractivity contribution >= 4 is 38.9 Å². The molecule has 33 heavy (non-hydrogen) atoms. The Bertz CT molecular complexity index is 1310. The van der Waals surface area contributed by atoms with Crippen molar-refractivity contribution in [1.29, 1.82) is 0 Å². The van der Waals surface area contributed by atoms with Gasteiger partial charge in [0.1, 0.15) is 11.6 Å². The van der Waals surface area contributed by atoms with Crippen LogP contribution in [-0.4, -0.2) is 28.0 Å². The van der Waals surface area contributed by atoms with Crippen LogP contribution in [0.1, 0.15) is 15.9 Å². The fourth-order valence-corrected chi connectivity index (χ4v) is 4.84. The number of nitrogens with one attached hydrogen (secondary N) is 1. The first kappa shape index (κ1) is 24.3. The Balaban J connectivity index is 2.03. The summed E-state index contributed by atoms with van der Waals surface area (Å²) in [5.41, 5.74) is 1.14. The molecule has 0 fully saturated rings. The first-order valence-electron chi connectivity index (χ1n) is 9.82. The Morgan fingerprint density at radius 2 is 1.91 bits per heavy atom. The lowest BCUT2D eigenvalue weighted by atomic mass is 10.1. The molecule has 0 unspecified atom stereocenters. The van der Waals surface area contributed by atoms with Crippen LogP contribution in [0.4, 0.5) is 15.8 Å². The van der Waals surface area contributed by atoms with Gasteiger partial charge in [0.15, 0.2) is 0 Å². The normalized spacial score (nSPS) is 11.0. The molecule has 0 bridgehead atoms. The van der Waals surface area contributed by atoms with Gasteiger partial charge in [-0.25, -0.2) is 12.8 Å². The summed E-state index contributed by atoms with van der Waals surface area (Å²) < 4.78 is 47.1. The SMILES string of the molecule is C=CCN(c1ccccc1OC)S(=O)(=O)c1ccc(Cl)c(C(=O)Nc2cc(F)ccc2C)c1. The lowest BCUT2D eigenvalue weighted by Crippen LogP contribution is -2.31. The van der Waals surface area contributed by atoms with Gasteiger partial charge in [0.05, 0.1) is 34.8 Å². The largest absolute Gasteiger partial charge is 0.495 e. The third-order valence-corrected chi connectivity index (χ3v) is 6.97.